The number of nitrogens with one attached hydrogen (secondary N) is 2. The summed E-state index contributed by atoms with van der Waals surface area (Å²) < 4.78 is 0. The fraction of sp³-hybridized carbons (Fsp3) is 0.529. The van der Waals surface area contributed by atoms with Gasteiger partial charge in [0, 0.05) is 47.0 Å². The zero-order valence-electron chi connectivity index (χ0n) is 26.0. The molecule has 1 aliphatic carbocycles. The number of benzene rings is 2. The first kappa shape index (κ1) is 31.7. The molecule has 1 spiro atoms. The first-order valence-corrected chi connectivity index (χ1v) is 17.5. The summed E-state index contributed by atoms with van der Waals surface area (Å²) in [6.07, 6.45) is 3.79. The van der Waals surface area contributed by atoms with Crippen LogP contribution in [-0.4, -0.2) is 76.7 Å². The number of thioether (sulfide) groups is 1. The lowest BCUT2D eigenvalue weighted by Gasteiger charge is -2.39. The summed E-state index contributed by atoms with van der Waals surface area (Å²) in [7, 11) is 1.97. The van der Waals surface area contributed by atoms with Gasteiger partial charge >= 0.3 is 0 Å². The average molecular weight is 657 g/mol. The normalized spacial score (nSPS) is 24.4. The van der Waals surface area contributed by atoms with Crippen molar-refractivity contribution in [2.45, 2.75) is 76.2 Å². The average Bonchev–Trinajstić information content (AvgIpc) is 3.42. The minimum absolute atomic E-state index is 0.0102. The highest BCUT2D eigenvalue weighted by atomic mass is 35.5. The highest BCUT2D eigenvalue weighted by Crippen LogP contribution is 2.47. The monoisotopic (exact) mass is 655 g/mol. The van der Waals surface area contributed by atoms with Gasteiger partial charge in [0.25, 0.3) is 5.91 Å². The molecule has 3 heterocycles. The molecule has 3 aliphatic heterocycles. The van der Waals surface area contributed by atoms with Crippen molar-refractivity contribution < 1.29 is 9.59 Å². The van der Waals surface area contributed by atoms with Gasteiger partial charge in [0.2, 0.25) is 5.91 Å². The Hall–Kier alpha value is -2.23. The van der Waals surface area contributed by atoms with Crippen LogP contribution in [0.1, 0.15) is 69.7 Å². The van der Waals surface area contributed by atoms with E-state index in [1.54, 1.807) is 11.8 Å². The maximum Gasteiger partial charge on any atom is 0.263 e. The number of carbonyl (C=O) groups excluding carboxylic acids is 2. The van der Waals surface area contributed by atoms with Gasteiger partial charge in [-0.3, -0.25) is 9.59 Å². The van der Waals surface area contributed by atoms with Crippen LogP contribution in [-0.2, 0) is 9.59 Å². The molecule has 4 aliphatic rings. The van der Waals surface area contributed by atoms with Crippen LogP contribution in [0.25, 0.3) is 0 Å². The van der Waals surface area contributed by atoms with E-state index in [1.165, 1.54) is 0 Å². The van der Waals surface area contributed by atoms with Crippen LogP contribution in [0.15, 0.2) is 59.1 Å². The lowest BCUT2D eigenvalue weighted by atomic mass is 9.91. The predicted octanol–water partition coefficient (Wildman–Crippen LogP) is 6.21. The Morgan fingerprint density at radius 1 is 1.00 bits per heavy atom. The van der Waals surface area contributed by atoms with E-state index >= 15 is 0 Å². The Labute approximate surface area is 275 Å². The van der Waals surface area contributed by atoms with Gasteiger partial charge in [0.1, 0.15) is 6.04 Å². The number of piperazine rings is 1. The van der Waals surface area contributed by atoms with Gasteiger partial charge in [-0.1, -0.05) is 73.1 Å². The molecule has 3 unspecified atom stereocenters. The van der Waals surface area contributed by atoms with Gasteiger partial charge in [-0.2, -0.15) is 0 Å². The van der Waals surface area contributed by atoms with Gasteiger partial charge in [-0.25, -0.2) is 0 Å². The molecule has 44 heavy (non-hydrogen) atoms. The van der Waals surface area contributed by atoms with Gasteiger partial charge in [-0.05, 0) is 81.0 Å². The van der Waals surface area contributed by atoms with Crippen molar-refractivity contribution in [3.05, 3.63) is 80.3 Å². The van der Waals surface area contributed by atoms with Crippen molar-refractivity contribution in [2.24, 2.45) is 5.92 Å². The number of allylic oxidation sites excluding steroid dienone is 1. The minimum atomic E-state index is -0.409. The number of hydrogen-bond acceptors (Lipinski definition) is 6. The number of halogens is 2. The van der Waals surface area contributed by atoms with Crippen LogP contribution in [0.5, 0.6) is 0 Å². The standard InChI is InChI=1S/C34H43Cl2N5O2S/c1-21(2)29-31(33(43)41-22(3)5-14-27(41)32(42)39-18-17-38-34(19-39)15-16-34)44-20-40(29)30(24-8-12-26(36)13-9-24)28(37-4)23-6-10-25(35)11-7-23/h6-13,21-22,27-28,30,37-38H,5,14-20H2,1-4H3/t22-,27?,28?,30?/m1/s1. The summed E-state index contributed by atoms with van der Waals surface area (Å²) in [5.74, 6) is 0.827. The maximum atomic E-state index is 14.6. The Balaban J connectivity index is 1.35. The van der Waals surface area contributed by atoms with E-state index in [-0.39, 0.29) is 41.4 Å². The highest BCUT2D eigenvalue weighted by molar-refractivity contribution is 8.04. The lowest BCUT2D eigenvalue weighted by Crippen LogP contribution is -2.58. The second kappa shape index (κ2) is 12.9. The fourth-order valence-electron chi connectivity index (χ4n) is 7.32. The van der Waals surface area contributed by atoms with E-state index in [9.17, 15) is 9.59 Å². The third-order valence-electron chi connectivity index (χ3n) is 9.76. The van der Waals surface area contributed by atoms with Crippen LogP contribution >= 0.6 is 35.0 Å². The van der Waals surface area contributed by atoms with Gasteiger partial charge < -0.3 is 25.3 Å². The molecule has 2 amide bonds. The summed E-state index contributed by atoms with van der Waals surface area (Å²) in [6, 6.07) is 15.4. The van der Waals surface area contributed by atoms with Crippen molar-refractivity contribution in [1.82, 2.24) is 25.3 Å². The summed E-state index contributed by atoms with van der Waals surface area (Å²) >= 11 is 14.2. The molecule has 3 fully saturated rings. The van der Waals surface area contributed by atoms with Gasteiger partial charge in [-0.15, -0.1) is 0 Å². The second-order valence-electron chi connectivity index (χ2n) is 13.0. The molecule has 0 bridgehead atoms. The van der Waals surface area contributed by atoms with Gasteiger partial charge in [0.05, 0.1) is 22.9 Å². The van der Waals surface area contributed by atoms with Gasteiger partial charge in [0.15, 0.2) is 0 Å². The van der Waals surface area contributed by atoms with Crippen molar-refractivity contribution >= 4 is 46.8 Å². The molecule has 6 rings (SSSR count). The number of hydrogen-bond donors (Lipinski definition) is 2. The number of nitrogens with zero attached hydrogens (tertiary/aromatic N) is 3. The van der Waals surface area contributed by atoms with Crippen LogP contribution in [0, 0.1) is 5.92 Å². The Morgan fingerprint density at radius 3 is 2.23 bits per heavy atom. The molecule has 2 N–H and O–H groups in total. The maximum absolute atomic E-state index is 14.6. The molecule has 2 aromatic carbocycles. The van der Waals surface area contributed by atoms with Crippen LogP contribution in [0.3, 0.4) is 0 Å². The van der Waals surface area contributed by atoms with E-state index in [1.807, 2.05) is 41.1 Å². The van der Waals surface area contributed by atoms with Crippen molar-refractivity contribution in [2.75, 3.05) is 32.6 Å². The molecular formula is C34H43Cl2N5O2S. The van der Waals surface area contributed by atoms with E-state index in [0.29, 0.717) is 28.9 Å². The number of likely N-dealkylation sites (tertiary alicyclic amines) is 1. The van der Waals surface area contributed by atoms with Crippen LogP contribution in [0.2, 0.25) is 10.0 Å². The summed E-state index contributed by atoms with van der Waals surface area (Å²) in [6.45, 7) is 8.68. The van der Waals surface area contributed by atoms with Crippen molar-refractivity contribution in [3.8, 4) is 0 Å². The van der Waals surface area contributed by atoms with Crippen molar-refractivity contribution in [1.29, 1.82) is 0 Å². The SMILES string of the molecule is CNC(c1ccc(Cl)cc1)C(c1ccc(Cl)cc1)N1CSC(C(=O)N2C(C(=O)N3CCNC4(CC4)C3)CC[C@H]2C)=C1C(C)C. The van der Waals surface area contributed by atoms with Crippen LogP contribution in [0.4, 0.5) is 0 Å². The largest absolute Gasteiger partial charge is 0.355 e. The Morgan fingerprint density at radius 2 is 1.64 bits per heavy atom. The molecule has 10 heteroatoms. The molecule has 2 saturated heterocycles. The minimum Gasteiger partial charge on any atom is -0.355 e. The molecule has 7 nitrogen and oxygen atoms in total. The molecule has 1 saturated carbocycles. The molecule has 0 aromatic heterocycles. The lowest BCUT2D eigenvalue weighted by molar-refractivity contribution is -0.144. The number of amides is 2. The van der Waals surface area contributed by atoms with E-state index in [4.69, 9.17) is 23.2 Å². The molecular weight excluding hydrogens is 613 g/mol. The van der Waals surface area contributed by atoms with E-state index in [0.717, 1.165) is 54.1 Å². The predicted molar refractivity (Wildman–Crippen MR) is 179 cm³/mol. The zero-order chi connectivity index (χ0) is 31.2. The Bertz CT molecular complexity index is 1410. The second-order valence-corrected chi connectivity index (χ2v) is 14.9. The number of rotatable bonds is 8. The third kappa shape index (κ3) is 6.13. The van der Waals surface area contributed by atoms with Crippen molar-refractivity contribution in [3.63, 3.8) is 0 Å². The summed E-state index contributed by atoms with van der Waals surface area (Å²) in [5, 5.41) is 8.54. The quantitative estimate of drug-likeness (QED) is 0.352. The number of carbonyl (C=O) groups is 2. The van der Waals surface area contributed by atoms with E-state index in [2.05, 4.69) is 60.6 Å². The van der Waals surface area contributed by atoms with Crippen LogP contribution < -0.4 is 10.6 Å². The summed E-state index contributed by atoms with van der Waals surface area (Å²) in [4.78, 5) is 35.6. The molecule has 2 aromatic rings. The molecule has 236 valence electrons. The first-order chi connectivity index (χ1) is 21.1. The smallest absolute Gasteiger partial charge is 0.263 e. The zero-order valence-corrected chi connectivity index (χ0v) is 28.3. The third-order valence-corrected chi connectivity index (χ3v) is 11.3. The highest BCUT2D eigenvalue weighted by Gasteiger charge is 2.50. The first-order valence-electron chi connectivity index (χ1n) is 15.8. The molecule has 4 atom stereocenters. The Kier molecular flexibility index (Phi) is 9.29. The van der Waals surface area contributed by atoms with E-state index < -0.39 is 6.04 Å². The summed E-state index contributed by atoms with van der Waals surface area (Å²) in [5.41, 5.74) is 3.34. The topological polar surface area (TPSA) is 67.9 Å². The fourth-order valence-corrected chi connectivity index (χ4v) is 8.87. The number of likely N-dealkylation sites (N-methyl/N-ethyl adjacent to an activating group) is 1. The molecule has 0 radical (unpaired) electrons.